The van der Waals surface area contributed by atoms with Crippen LogP contribution in [0.2, 0.25) is 0 Å². The molecule has 0 unspecified atom stereocenters. The lowest BCUT2D eigenvalue weighted by Gasteiger charge is -2.54. The average molecular weight is 519 g/mol. The van der Waals surface area contributed by atoms with Crippen LogP contribution in [-0.2, 0) is 12.1 Å². The predicted molar refractivity (Wildman–Crippen MR) is 134 cm³/mol. The van der Waals surface area contributed by atoms with Crippen LogP contribution in [0.4, 0.5) is 8.78 Å². The van der Waals surface area contributed by atoms with Gasteiger partial charge in [0.2, 0.25) is 0 Å². The molecule has 1 aromatic heterocycles. The maximum atomic E-state index is 15.3. The van der Waals surface area contributed by atoms with Gasteiger partial charge in [0.05, 0.1) is 10.9 Å². The van der Waals surface area contributed by atoms with Crippen molar-refractivity contribution < 1.29 is 23.0 Å². The van der Waals surface area contributed by atoms with E-state index in [0.29, 0.717) is 25.7 Å². The highest BCUT2D eigenvalue weighted by Gasteiger charge is 2.42. The van der Waals surface area contributed by atoms with E-state index in [1.807, 2.05) is 41.8 Å². The SMILES string of the molecule is C[C@H]1CC[C@@H](c2ccccc2)S(O)(O)N1Cc1cc(F)c([C@]2(O)CC[C@@H](n3cnnc3)CC2)cc1F. The lowest BCUT2D eigenvalue weighted by atomic mass is 9.77. The number of rotatable bonds is 5. The van der Waals surface area contributed by atoms with Crippen LogP contribution in [0.5, 0.6) is 0 Å². The summed E-state index contributed by atoms with van der Waals surface area (Å²) in [5.41, 5.74) is -0.654. The molecule has 2 atom stereocenters. The molecule has 0 radical (unpaired) electrons. The van der Waals surface area contributed by atoms with Crippen molar-refractivity contribution in [2.45, 2.75) is 74.9 Å². The molecule has 0 bridgehead atoms. The molecule has 2 aliphatic rings. The maximum Gasteiger partial charge on any atom is 0.129 e. The zero-order valence-electron chi connectivity index (χ0n) is 20.2. The molecule has 1 aliphatic carbocycles. The zero-order chi connectivity index (χ0) is 25.5. The van der Waals surface area contributed by atoms with Crippen molar-refractivity contribution >= 4 is 10.8 Å². The highest BCUT2D eigenvalue weighted by Crippen LogP contribution is 2.63. The Hall–Kier alpha value is -2.37. The molecule has 2 fully saturated rings. The van der Waals surface area contributed by atoms with Crippen molar-refractivity contribution in [1.82, 2.24) is 19.1 Å². The fraction of sp³-hybridized carbons (Fsp3) is 0.462. The Bertz CT molecular complexity index is 1190. The number of halogens is 2. The first-order valence-electron chi connectivity index (χ1n) is 12.3. The number of hydrogen-bond acceptors (Lipinski definition) is 6. The molecular formula is C26H32F2N4O3S. The summed E-state index contributed by atoms with van der Waals surface area (Å²) >= 11 is 0. The van der Waals surface area contributed by atoms with Crippen LogP contribution in [0.25, 0.3) is 0 Å². The summed E-state index contributed by atoms with van der Waals surface area (Å²) in [6.07, 6.45) is 6.29. The van der Waals surface area contributed by atoms with Crippen LogP contribution in [-0.4, -0.2) is 39.3 Å². The molecule has 1 aliphatic heterocycles. The largest absolute Gasteiger partial charge is 0.385 e. The minimum Gasteiger partial charge on any atom is -0.385 e. The Morgan fingerprint density at radius 3 is 2.31 bits per heavy atom. The van der Waals surface area contributed by atoms with Crippen molar-refractivity contribution in [2.75, 3.05) is 0 Å². The summed E-state index contributed by atoms with van der Waals surface area (Å²) in [5, 5.41) is 18.4. The Kier molecular flexibility index (Phi) is 6.90. The molecule has 1 saturated heterocycles. The zero-order valence-corrected chi connectivity index (χ0v) is 21.0. The van der Waals surface area contributed by atoms with Gasteiger partial charge < -0.3 is 9.67 Å². The molecule has 5 rings (SSSR count). The Morgan fingerprint density at radius 2 is 1.64 bits per heavy atom. The molecule has 0 amide bonds. The van der Waals surface area contributed by atoms with E-state index in [4.69, 9.17) is 0 Å². The third-order valence-corrected chi connectivity index (χ3v) is 10.3. The smallest absolute Gasteiger partial charge is 0.129 e. The van der Waals surface area contributed by atoms with E-state index in [1.54, 1.807) is 12.7 Å². The third kappa shape index (κ3) is 4.68. The van der Waals surface area contributed by atoms with Gasteiger partial charge >= 0.3 is 0 Å². The molecule has 7 nitrogen and oxygen atoms in total. The van der Waals surface area contributed by atoms with Crippen LogP contribution >= 0.6 is 10.8 Å². The lowest BCUT2D eigenvalue weighted by molar-refractivity contribution is -0.0155. The quantitative estimate of drug-likeness (QED) is 0.386. The van der Waals surface area contributed by atoms with Crippen LogP contribution in [0.1, 0.15) is 73.4 Å². The van der Waals surface area contributed by atoms with E-state index < -0.39 is 33.3 Å². The molecule has 2 heterocycles. The first-order valence-corrected chi connectivity index (χ1v) is 13.9. The second kappa shape index (κ2) is 9.83. The van der Waals surface area contributed by atoms with Gasteiger partial charge in [0.1, 0.15) is 24.3 Å². The standard InChI is InChI=1S/C26H32F2N4O3S/c1-18-7-8-25(19-5-3-2-4-6-19)36(34,35)32(18)15-20-13-24(28)22(14-23(20)27)26(33)11-9-21(10-12-26)31-16-29-30-17-31/h2-6,13-14,16-18,21,25,33-35H,7-12,15H2,1H3/t18-,21-,25-,26+/m0/s1. The normalized spacial score (nSPS) is 29.7. The summed E-state index contributed by atoms with van der Waals surface area (Å²) in [4.78, 5) is 0. The van der Waals surface area contributed by atoms with Crippen molar-refractivity contribution in [2.24, 2.45) is 0 Å². The summed E-state index contributed by atoms with van der Waals surface area (Å²) in [6.45, 7) is 1.74. The Labute approximate surface area is 211 Å². The molecule has 3 N–H and O–H groups in total. The van der Waals surface area contributed by atoms with E-state index >= 15 is 8.78 Å². The van der Waals surface area contributed by atoms with E-state index in [2.05, 4.69) is 10.2 Å². The highest BCUT2D eigenvalue weighted by molar-refractivity contribution is 8.22. The molecule has 10 heteroatoms. The van der Waals surface area contributed by atoms with E-state index in [1.165, 1.54) is 4.31 Å². The second-order valence-corrected chi connectivity index (χ2v) is 12.2. The molecule has 0 spiro atoms. The van der Waals surface area contributed by atoms with Gasteiger partial charge in [-0.25, -0.2) is 8.78 Å². The lowest BCUT2D eigenvalue weighted by Crippen LogP contribution is -2.42. The minimum atomic E-state index is -3.28. The monoisotopic (exact) mass is 518 g/mol. The van der Waals surface area contributed by atoms with Crippen molar-refractivity contribution in [3.63, 3.8) is 0 Å². The van der Waals surface area contributed by atoms with E-state index in [0.717, 1.165) is 17.7 Å². The number of benzene rings is 2. The summed E-state index contributed by atoms with van der Waals surface area (Å²) in [7, 11) is -3.28. The first-order chi connectivity index (χ1) is 17.2. The van der Waals surface area contributed by atoms with Gasteiger partial charge in [0.25, 0.3) is 0 Å². The molecular weight excluding hydrogens is 486 g/mol. The molecule has 3 aromatic rings. The van der Waals surface area contributed by atoms with E-state index in [9.17, 15) is 14.2 Å². The fourth-order valence-corrected chi connectivity index (χ4v) is 7.93. The summed E-state index contributed by atoms with van der Waals surface area (Å²) in [5.74, 6) is -1.35. The molecule has 2 aromatic carbocycles. The molecule has 36 heavy (non-hydrogen) atoms. The van der Waals surface area contributed by atoms with Crippen molar-refractivity contribution in [3.8, 4) is 0 Å². The number of hydrogen-bond donors (Lipinski definition) is 3. The van der Waals surface area contributed by atoms with Gasteiger partial charge in [-0.05, 0) is 63.1 Å². The number of aliphatic hydroxyl groups is 1. The van der Waals surface area contributed by atoms with Crippen molar-refractivity contribution in [3.05, 3.63) is 83.4 Å². The van der Waals surface area contributed by atoms with Gasteiger partial charge in [-0.2, -0.15) is 4.31 Å². The third-order valence-electron chi connectivity index (χ3n) is 7.84. The minimum absolute atomic E-state index is 0.0403. The van der Waals surface area contributed by atoms with Crippen LogP contribution in [0.3, 0.4) is 0 Å². The van der Waals surface area contributed by atoms with Gasteiger partial charge in [-0.15, -0.1) is 21.0 Å². The summed E-state index contributed by atoms with van der Waals surface area (Å²) in [6, 6.07) is 11.4. The second-order valence-electron chi connectivity index (χ2n) is 10.1. The van der Waals surface area contributed by atoms with Crippen LogP contribution < -0.4 is 0 Å². The maximum absolute atomic E-state index is 15.3. The number of aromatic nitrogens is 3. The average Bonchev–Trinajstić information content (AvgIpc) is 3.39. The topological polar surface area (TPSA) is 94.6 Å². The highest BCUT2D eigenvalue weighted by atomic mass is 32.3. The van der Waals surface area contributed by atoms with Gasteiger partial charge in [-0.1, -0.05) is 30.3 Å². The molecule has 1 saturated carbocycles. The predicted octanol–water partition coefficient (Wildman–Crippen LogP) is 5.95. The van der Waals surface area contributed by atoms with Crippen LogP contribution in [0, 0.1) is 11.6 Å². The first kappa shape index (κ1) is 25.3. The fourth-order valence-electron chi connectivity index (χ4n) is 5.67. The Morgan fingerprint density at radius 1 is 0.972 bits per heavy atom. The van der Waals surface area contributed by atoms with E-state index in [-0.39, 0.29) is 42.6 Å². The summed E-state index contributed by atoms with van der Waals surface area (Å²) < 4.78 is 56.5. The van der Waals surface area contributed by atoms with Gasteiger partial charge in [-0.3, -0.25) is 9.11 Å². The van der Waals surface area contributed by atoms with Gasteiger partial charge in [0.15, 0.2) is 0 Å². The number of nitrogens with zero attached hydrogens (tertiary/aromatic N) is 4. The van der Waals surface area contributed by atoms with Crippen LogP contribution in [0.15, 0.2) is 55.1 Å². The Balaban J connectivity index is 1.36. The molecule has 194 valence electrons. The van der Waals surface area contributed by atoms with Gasteiger partial charge in [0, 0.05) is 29.8 Å². The van der Waals surface area contributed by atoms with Crippen molar-refractivity contribution in [1.29, 1.82) is 0 Å².